The van der Waals surface area contributed by atoms with Crippen LogP contribution in [0.3, 0.4) is 0 Å². The highest BCUT2D eigenvalue weighted by Gasteiger charge is 2.21. The van der Waals surface area contributed by atoms with Crippen LogP contribution in [0.5, 0.6) is 0 Å². The minimum Gasteiger partial charge on any atom is -0.381 e. The SMILES string of the molecule is CCCc1c(N)nnn1CCC1CC1. The van der Waals surface area contributed by atoms with Crippen LogP contribution in [0.15, 0.2) is 0 Å². The third-order valence-corrected chi connectivity index (χ3v) is 2.80. The van der Waals surface area contributed by atoms with Gasteiger partial charge in [0, 0.05) is 6.54 Å². The molecule has 4 heteroatoms. The maximum absolute atomic E-state index is 5.76. The minimum absolute atomic E-state index is 0.614. The van der Waals surface area contributed by atoms with E-state index < -0.39 is 0 Å². The average Bonchev–Trinajstić information content (AvgIpc) is 2.94. The second kappa shape index (κ2) is 3.98. The molecule has 0 aliphatic heterocycles. The molecule has 0 bridgehead atoms. The summed E-state index contributed by atoms with van der Waals surface area (Å²) in [5.41, 5.74) is 6.87. The molecule has 4 nitrogen and oxygen atoms in total. The van der Waals surface area contributed by atoms with E-state index in [0.29, 0.717) is 5.82 Å². The number of nitrogens with zero attached hydrogens (tertiary/aromatic N) is 3. The van der Waals surface area contributed by atoms with Gasteiger partial charge in [-0.2, -0.15) is 0 Å². The Morgan fingerprint density at radius 2 is 2.29 bits per heavy atom. The topological polar surface area (TPSA) is 56.7 Å². The standard InChI is InChI=1S/C10H18N4/c1-2-3-9-10(11)12-13-14(9)7-6-8-4-5-8/h8H,2-7,11H2,1H3. The lowest BCUT2D eigenvalue weighted by Gasteiger charge is -2.04. The van der Waals surface area contributed by atoms with E-state index >= 15 is 0 Å². The molecule has 78 valence electrons. The summed E-state index contributed by atoms with van der Waals surface area (Å²) in [7, 11) is 0. The molecule has 1 aromatic heterocycles. The van der Waals surface area contributed by atoms with Crippen LogP contribution in [-0.4, -0.2) is 15.0 Å². The van der Waals surface area contributed by atoms with Crippen LogP contribution in [0.4, 0.5) is 5.82 Å². The number of aromatic nitrogens is 3. The van der Waals surface area contributed by atoms with E-state index in [4.69, 9.17) is 5.73 Å². The smallest absolute Gasteiger partial charge is 0.169 e. The molecule has 1 aliphatic rings. The first kappa shape index (κ1) is 9.49. The van der Waals surface area contributed by atoms with Crippen molar-refractivity contribution in [2.24, 2.45) is 5.92 Å². The third kappa shape index (κ3) is 2.05. The van der Waals surface area contributed by atoms with E-state index in [-0.39, 0.29) is 0 Å². The van der Waals surface area contributed by atoms with Gasteiger partial charge >= 0.3 is 0 Å². The van der Waals surface area contributed by atoms with Crippen LogP contribution in [0.1, 0.15) is 38.3 Å². The zero-order valence-electron chi connectivity index (χ0n) is 8.74. The molecule has 1 heterocycles. The number of aryl methyl sites for hydroxylation is 1. The number of nitrogen functional groups attached to an aromatic ring is 1. The number of hydrogen-bond donors (Lipinski definition) is 1. The Morgan fingerprint density at radius 3 is 2.93 bits per heavy atom. The van der Waals surface area contributed by atoms with Gasteiger partial charge in [0.15, 0.2) is 5.82 Å². The van der Waals surface area contributed by atoms with Crippen molar-refractivity contribution in [2.45, 2.75) is 45.6 Å². The molecular weight excluding hydrogens is 176 g/mol. The van der Waals surface area contributed by atoms with Crippen molar-refractivity contribution in [1.29, 1.82) is 0 Å². The third-order valence-electron chi connectivity index (χ3n) is 2.80. The Bertz CT molecular complexity index is 301. The van der Waals surface area contributed by atoms with E-state index in [9.17, 15) is 0 Å². The van der Waals surface area contributed by atoms with Crippen LogP contribution in [0.2, 0.25) is 0 Å². The first-order chi connectivity index (χ1) is 6.81. The van der Waals surface area contributed by atoms with E-state index in [1.807, 2.05) is 4.68 Å². The van der Waals surface area contributed by atoms with Crippen LogP contribution in [0.25, 0.3) is 0 Å². The molecule has 0 saturated heterocycles. The van der Waals surface area contributed by atoms with Crippen molar-refractivity contribution < 1.29 is 0 Å². The maximum atomic E-state index is 5.76. The highest BCUT2D eigenvalue weighted by atomic mass is 15.4. The lowest BCUT2D eigenvalue weighted by Crippen LogP contribution is -2.06. The largest absolute Gasteiger partial charge is 0.381 e. The summed E-state index contributed by atoms with van der Waals surface area (Å²) in [6.07, 6.45) is 6.12. The molecule has 0 amide bonds. The Hall–Kier alpha value is -1.06. The van der Waals surface area contributed by atoms with Crippen molar-refractivity contribution in [1.82, 2.24) is 15.0 Å². The summed E-state index contributed by atoms with van der Waals surface area (Å²) in [5, 5.41) is 8.00. The molecule has 0 spiro atoms. The van der Waals surface area contributed by atoms with Gasteiger partial charge < -0.3 is 5.73 Å². The van der Waals surface area contributed by atoms with Gasteiger partial charge in [0.2, 0.25) is 0 Å². The molecule has 1 fully saturated rings. The first-order valence-electron chi connectivity index (χ1n) is 5.49. The molecule has 0 aromatic carbocycles. The number of nitrogens with two attached hydrogens (primary N) is 1. The van der Waals surface area contributed by atoms with Gasteiger partial charge in [0.05, 0.1) is 5.69 Å². The van der Waals surface area contributed by atoms with Crippen molar-refractivity contribution >= 4 is 5.82 Å². The summed E-state index contributed by atoms with van der Waals surface area (Å²) < 4.78 is 1.98. The van der Waals surface area contributed by atoms with Crippen LogP contribution in [-0.2, 0) is 13.0 Å². The van der Waals surface area contributed by atoms with Gasteiger partial charge in [0.1, 0.15) is 0 Å². The molecule has 14 heavy (non-hydrogen) atoms. The number of rotatable bonds is 5. The summed E-state index contributed by atoms with van der Waals surface area (Å²) in [5.74, 6) is 1.55. The number of hydrogen-bond acceptors (Lipinski definition) is 3. The second-order valence-electron chi connectivity index (χ2n) is 4.13. The highest BCUT2D eigenvalue weighted by Crippen LogP contribution is 2.32. The van der Waals surface area contributed by atoms with Gasteiger partial charge in [0.25, 0.3) is 0 Å². The monoisotopic (exact) mass is 194 g/mol. The van der Waals surface area contributed by atoms with Crippen molar-refractivity contribution in [3.63, 3.8) is 0 Å². The molecular formula is C10H18N4. The lowest BCUT2D eigenvalue weighted by molar-refractivity contribution is 0.512. The first-order valence-corrected chi connectivity index (χ1v) is 5.49. The van der Waals surface area contributed by atoms with E-state index in [1.54, 1.807) is 0 Å². The van der Waals surface area contributed by atoms with E-state index in [0.717, 1.165) is 31.0 Å². The summed E-state index contributed by atoms with van der Waals surface area (Å²) in [4.78, 5) is 0. The fourth-order valence-electron chi connectivity index (χ4n) is 1.73. The van der Waals surface area contributed by atoms with Crippen LogP contribution in [0, 0.1) is 5.92 Å². The van der Waals surface area contributed by atoms with Crippen LogP contribution < -0.4 is 5.73 Å². The quantitative estimate of drug-likeness (QED) is 0.774. The Morgan fingerprint density at radius 1 is 1.50 bits per heavy atom. The summed E-state index contributed by atoms with van der Waals surface area (Å²) in [6, 6.07) is 0. The lowest BCUT2D eigenvalue weighted by atomic mass is 10.2. The van der Waals surface area contributed by atoms with Gasteiger partial charge in [-0.05, 0) is 18.8 Å². The zero-order chi connectivity index (χ0) is 9.97. The Balaban J connectivity index is 1.98. The van der Waals surface area contributed by atoms with Gasteiger partial charge in [-0.25, -0.2) is 4.68 Å². The van der Waals surface area contributed by atoms with Crippen LogP contribution >= 0.6 is 0 Å². The highest BCUT2D eigenvalue weighted by molar-refractivity contribution is 5.32. The molecule has 1 saturated carbocycles. The zero-order valence-corrected chi connectivity index (χ0v) is 8.74. The van der Waals surface area contributed by atoms with Gasteiger partial charge in [-0.15, -0.1) is 5.10 Å². The maximum Gasteiger partial charge on any atom is 0.169 e. The fourth-order valence-corrected chi connectivity index (χ4v) is 1.73. The summed E-state index contributed by atoms with van der Waals surface area (Å²) in [6.45, 7) is 3.14. The molecule has 2 N–H and O–H groups in total. The van der Waals surface area contributed by atoms with Crippen molar-refractivity contribution in [2.75, 3.05) is 5.73 Å². The normalized spacial score (nSPS) is 16.1. The minimum atomic E-state index is 0.614. The predicted octanol–water partition coefficient (Wildman–Crippen LogP) is 1.61. The van der Waals surface area contributed by atoms with E-state index in [1.165, 1.54) is 19.3 Å². The molecule has 0 unspecified atom stereocenters. The Labute approximate surface area is 84.5 Å². The molecule has 2 rings (SSSR count). The second-order valence-corrected chi connectivity index (χ2v) is 4.13. The average molecular weight is 194 g/mol. The predicted molar refractivity (Wildman–Crippen MR) is 55.8 cm³/mol. The molecule has 1 aromatic rings. The molecule has 0 atom stereocenters. The summed E-state index contributed by atoms with van der Waals surface area (Å²) >= 11 is 0. The van der Waals surface area contributed by atoms with Crippen molar-refractivity contribution in [3.05, 3.63) is 5.69 Å². The molecule has 1 aliphatic carbocycles. The Kier molecular flexibility index (Phi) is 2.70. The number of anilines is 1. The van der Waals surface area contributed by atoms with Gasteiger partial charge in [-0.3, -0.25) is 0 Å². The fraction of sp³-hybridized carbons (Fsp3) is 0.800. The van der Waals surface area contributed by atoms with Gasteiger partial charge in [-0.1, -0.05) is 31.4 Å². The van der Waals surface area contributed by atoms with E-state index in [2.05, 4.69) is 17.2 Å². The molecule has 0 radical (unpaired) electrons. The van der Waals surface area contributed by atoms with Crippen molar-refractivity contribution in [3.8, 4) is 0 Å².